The molecule has 1 rings (SSSR count). The van der Waals surface area contributed by atoms with Gasteiger partial charge in [0, 0.05) is 32.7 Å². The summed E-state index contributed by atoms with van der Waals surface area (Å²) in [5.41, 5.74) is 2.50. The molecule has 1 unspecified atom stereocenters. The standard InChI is InChI=1S/C15H24N2O2/c1-12-5-4-6-14(11-12)13(2)16-8-7-15(18)17-9-10-19-3/h4-6,11,13,16H,7-10H2,1-3H3,(H,17,18). The Balaban J connectivity index is 2.23. The molecule has 0 heterocycles. The molecule has 0 aliphatic rings. The van der Waals surface area contributed by atoms with E-state index in [1.54, 1.807) is 7.11 Å². The average molecular weight is 264 g/mol. The van der Waals surface area contributed by atoms with Gasteiger partial charge in [0.25, 0.3) is 0 Å². The van der Waals surface area contributed by atoms with Crippen LogP contribution in [0, 0.1) is 6.92 Å². The van der Waals surface area contributed by atoms with Crippen molar-refractivity contribution in [3.05, 3.63) is 35.4 Å². The Labute approximate surface area is 115 Å². The van der Waals surface area contributed by atoms with Crippen LogP contribution in [0.2, 0.25) is 0 Å². The lowest BCUT2D eigenvalue weighted by atomic mass is 10.1. The largest absolute Gasteiger partial charge is 0.383 e. The first-order valence-electron chi connectivity index (χ1n) is 6.69. The van der Waals surface area contributed by atoms with Crippen molar-refractivity contribution in [1.29, 1.82) is 0 Å². The molecule has 4 heteroatoms. The smallest absolute Gasteiger partial charge is 0.221 e. The number of nitrogens with one attached hydrogen (secondary N) is 2. The molecule has 0 aliphatic heterocycles. The molecule has 1 atom stereocenters. The van der Waals surface area contributed by atoms with E-state index in [0.717, 1.165) is 0 Å². The van der Waals surface area contributed by atoms with Gasteiger partial charge in [-0.3, -0.25) is 4.79 Å². The fourth-order valence-electron chi connectivity index (χ4n) is 1.84. The highest BCUT2D eigenvalue weighted by Crippen LogP contribution is 2.13. The molecular formula is C15H24N2O2. The molecule has 19 heavy (non-hydrogen) atoms. The summed E-state index contributed by atoms with van der Waals surface area (Å²) in [5.74, 6) is 0.0565. The summed E-state index contributed by atoms with van der Waals surface area (Å²) in [7, 11) is 1.62. The van der Waals surface area contributed by atoms with Crippen LogP contribution in [-0.4, -0.2) is 32.7 Å². The number of rotatable bonds is 8. The zero-order valence-corrected chi connectivity index (χ0v) is 12.0. The van der Waals surface area contributed by atoms with Crippen LogP contribution in [0.15, 0.2) is 24.3 Å². The lowest BCUT2D eigenvalue weighted by Gasteiger charge is -2.14. The number of aryl methyl sites for hydroxylation is 1. The molecule has 0 spiro atoms. The van der Waals surface area contributed by atoms with E-state index >= 15 is 0 Å². The summed E-state index contributed by atoms with van der Waals surface area (Å²) in [6.07, 6.45) is 0.486. The molecule has 0 aliphatic carbocycles. The van der Waals surface area contributed by atoms with Crippen LogP contribution in [0.4, 0.5) is 0 Å². The van der Waals surface area contributed by atoms with Gasteiger partial charge in [-0.25, -0.2) is 0 Å². The van der Waals surface area contributed by atoms with E-state index in [2.05, 4.69) is 48.7 Å². The first kappa shape index (κ1) is 15.7. The third-order valence-corrected chi connectivity index (χ3v) is 2.97. The lowest BCUT2D eigenvalue weighted by Crippen LogP contribution is -2.30. The van der Waals surface area contributed by atoms with E-state index in [-0.39, 0.29) is 11.9 Å². The summed E-state index contributed by atoms with van der Waals surface area (Å²) < 4.78 is 4.87. The van der Waals surface area contributed by atoms with Gasteiger partial charge in [0.1, 0.15) is 0 Å². The van der Waals surface area contributed by atoms with E-state index in [0.29, 0.717) is 26.1 Å². The van der Waals surface area contributed by atoms with Gasteiger partial charge in [-0.15, -0.1) is 0 Å². The van der Waals surface area contributed by atoms with Crippen molar-refractivity contribution < 1.29 is 9.53 Å². The second-order valence-electron chi connectivity index (χ2n) is 4.68. The first-order valence-corrected chi connectivity index (χ1v) is 6.69. The van der Waals surface area contributed by atoms with Crippen molar-refractivity contribution in [3.63, 3.8) is 0 Å². The van der Waals surface area contributed by atoms with E-state index in [9.17, 15) is 4.79 Å². The van der Waals surface area contributed by atoms with Crippen LogP contribution in [0.25, 0.3) is 0 Å². The highest BCUT2D eigenvalue weighted by molar-refractivity contribution is 5.76. The topological polar surface area (TPSA) is 50.4 Å². The second-order valence-corrected chi connectivity index (χ2v) is 4.68. The van der Waals surface area contributed by atoms with Crippen molar-refractivity contribution >= 4 is 5.91 Å². The van der Waals surface area contributed by atoms with Gasteiger partial charge in [-0.2, -0.15) is 0 Å². The van der Waals surface area contributed by atoms with E-state index in [1.165, 1.54) is 11.1 Å². The van der Waals surface area contributed by atoms with Crippen LogP contribution in [0.1, 0.15) is 30.5 Å². The minimum absolute atomic E-state index is 0.0565. The maximum absolute atomic E-state index is 11.5. The third kappa shape index (κ3) is 6.36. The predicted octanol–water partition coefficient (Wildman–Crippen LogP) is 1.80. The second kappa shape index (κ2) is 8.67. The molecule has 0 saturated carbocycles. The van der Waals surface area contributed by atoms with Gasteiger partial charge < -0.3 is 15.4 Å². The quantitative estimate of drug-likeness (QED) is 0.704. The van der Waals surface area contributed by atoms with Crippen LogP contribution >= 0.6 is 0 Å². The highest BCUT2D eigenvalue weighted by atomic mass is 16.5. The van der Waals surface area contributed by atoms with Crippen molar-refractivity contribution in [2.45, 2.75) is 26.3 Å². The minimum atomic E-state index is 0.0565. The number of carbonyl (C=O) groups is 1. The lowest BCUT2D eigenvalue weighted by molar-refractivity contribution is -0.121. The Morgan fingerprint density at radius 1 is 1.37 bits per heavy atom. The minimum Gasteiger partial charge on any atom is -0.383 e. The summed E-state index contributed by atoms with van der Waals surface area (Å²) in [5, 5.41) is 6.16. The zero-order chi connectivity index (χ0) is 14.1. The number of benzene rings is 1. The monoisotopic (exact) mass is 264 g/mol. The van der Waals surface area contributed by atoms with Crippen LogP contribution in [0.3, 0.4) is 0 Å². The Hall–Kier alpha value is -1.39. The summed E-state index contributed by atoms with van der Waals surface area (Å²) >= 11 is 0. The van der Waals surface area contributed by atoms with E-state index in [4.69, 9.17) is 4.74 Å². The summed E-state index contributed by atoms with van der Waals surface area (Å²) in [6, 6.07) is 8.66. The molecule has 0 aromatic heterocycles. The molecule has 4 nitrogen and oxygen atoms in total. The van der Waals surface area contributed by atoms with E-state index in [1.807, 2.05) is 0 Å². The number of methoxy groups -OCH3 is 1. The van der Waals surface area contributed by atoms with Gasteiger partial charge in [0.15, 0.2) is 0 Å². The van der Waals surface area contributed by atoms with Crippen molar-refractivity contribution in [2.24, 2.45) is 0 Å². The van der Waals surface area contributed by atoms with E-state index < -0.39 is 0 Å². The van der Waals surface area contributed by atoms with Crippen molar-refractivity contribution in [1.82, 2.24) is 10.6 Å². The third-order valence-electron chi connectivity index (χ3n) is 2.97. The maximum atomic E-state index is 11.5. The Kier molecular flexibility index (Phi) is 7.15. The van der Waals surface area contributed by atoms with Crippen LogP contribution in [0.5, 0.6) is 0 Å². The van der Waals surface area contributed by atoms with Gasteiger partial charge in [0.2, 0.25) is 5.91 Å². The molecule has 0 radical (unpaired) electrons. The van der Waals surface area contributed by atoms with Crippen LogP contribution < -0.4 is 10.6 Å². The molecule has 0 fully saturated rings. The molecule has 1 aromatic carbocycles. The fourth-order valence-corrected chi connectivity index (χ4v) is 1.84. The number of hydrogen-bond donors (Lipinski definition) is 2. The summed E-state index contributed by atoms with van der Waals surface area (Å²) in [6.45, 7) is 5.99. The number of ether oxygens (including phenoxy) is 1. The van der Waals surface area contributed by atoms with Gasteiger partial charge in [-0.05, 0) is 19.4 Å². The van der Waals surface area contributed by atoms with Crippen LogP contribution in [-0.2, 0) is 9.53 Å². The Bertz CT molecular complexity index is 393. The highest BCUT2D eigenvalue weighted by Gasteiger charge is 2.06. The molecule has 0 bridgehead atoms. The number of hydrogen-bond acceptors (Lipinski definition) is 3. The maximum Gasteiger partial charge on any atom is 0.221 e. The molecule has 0 saturated heterocycles. The van der Waals surface area contributed by atoms with Gasteiger partial charge >= 0.3 is 0 Å². The SMILES string of the molecule is COCCNC(=O)CCNC(C)c1cccc(C)c1. The fraction of sp³-hybridized carbons (Fsp3) is 0.533. The number of carbonyl (C=O) groups excluding carboxylic acids is 1. The molecule has 1 aromatic rings. The van der Waals surface area contributed by atoms with Crippen molar-refractivity contribution in [3.8, 4) is 0 Å². The van der Waals surface area contributed by atoms with Crippen molar-refractivity contribution in [2.75, 3.05) is 26.8 Å². The van der Waals surface area contributed by atoms with Gasteiger partial charge in [0.05, 0.1) is 6.61 Å². The molecule has 2 N–H and O–H groups in total. The summed E-state index contributed by atoms with van der Waals surface area (Å²) in [4.78, 5) is 11.5. The number of amides is 1. The van der Waals surface area contributed by atoms with Gasteiger partial charge in [-0.1, -0.05) is 29.8 Å². The Morgan fingerprint density at radius 3 is 2.84 bits per heavy atom. The zero-order valence-electron chi connectivity index (χ0n) is 12.0. The Morgan fingerprint density at radius 2 is 2.16 bits per heavy atom. The molecular weight excluding hydrogens is 240 g/mol. The molecule has 106 valence electrons. The molecule has 1 amide bonds. The first-order chi connectivity index (χ1) is 9.13. The average Bonchev–Trinajstić information content (AvgIpc) is 2.39. The normalized spacial score (nSPS) is 12.2. The predicted molar refractivity (Wildman–Crippen MR) is 77.1 cm³/mol.